The molecule has 1 N–H and O–H groups in total. The van der Waals surface area contributed by atoms with E-state index in [1.165, 1.54) is 5.57 Å². The van der Waals surface area contributed by atoms with Gasteiger partial charge in [0.25, 0.3) is 0 Å². The van der Waals surface area contributed by atoms with E-state index in [0.717, 1.165) is 6.42 Å². The molecule has 4 nitrogen and oxygen atoms in total. The third kappa shape index (κ3) is 5.22. The summed E-state index contributed by atoms with van der Waals surface area (Å²) in [4.78, 5) is 13.5. The smallest absolute Gasteiger partial charge is 0.410 e. The van der Waals surface area contributed by atoms with Crippen LogP contribution in [0.5, 0.6) is 0 Å². The number of amides is 1. The molecule has 0 fully saturated rings. The van der Waals surface area contributed by atoms with E-state index in [1.54, 1.807) is 11.8 Å². The van der Waals surface area contributed by atoms with Crippen molar-refractivity contribution in [2.24, 2.45) is 0 Å². The molecule has 0 saturated heterocycles. The first kappa shape index (κ1) is 14.0. The van der Waals surface area contributed by atoms with Gasteiger partial charge in [-0.3, -0.25) is 0 Å². The normalized spacial score (nSPS) is 18.6. The van der Waals surface area contributed by atoms with Crippen molar-refractivity contribution >= 4 is 6.09 Å². The number of hydrogen-bond donors (Lipinski definition) is 1. The molecule has 1 aliphatic heterocycles. The van der Waals surface area contributed by atoms with Crippen molar-refractivity contribution in [2.45, 2.75) is 52.2 Å². The quantitative estimate of drug-likeness (QED) is 0.755. The Morgan fingerprint density at radius 2 is 2.24 bits per heavy atom. The maximum Gasteiger partial charge on any atom is 0.410 e. The van der Waals surface area contributed by atoms with Crippen LogP contribution in [0.3, 0.4) is 0 Å². The zero-order valence-electron chi connectivity index (χ0n) is 11.2. The summed E-state index contributed by atoms with van der Waals surface area (Å²) in [5.74, 6) is 0. The molecule has 0 aromatic rings. The first-order chi connectivity index (χ1) is 7.78. The molecule has 0 aromatic heterocycles. The topological polar surface area (TPSA) is 49.8 Å². The van der Waals surface area contributed by atoms with Gasteiger partial charge in [-0.15, -0.1) is 0 Å². The molecule has 1 amide bonds. The number of aliphatic hydroxyl groups is 1. The molecule has 0 spiro atoms. The van der Waals surface area contributed by atoms with Crippen molar-refractivity contribution in [1.29, 1.82) is 0 Å². The molecule has 4 heteroatoms. The Bertz CT molecular complexity index is 302. The van der Waals surface area contributed by atoms with Gasteiger partial charge in [-0.05, 0) is 40.5 Å². The molecular formula is C13H23NO3. The van der Waals surface area contributed by atoms with Crippen LogP contribution >= 0.6 is 0 Å². The van der Waals surface area contributed by atoms with Crippen LogP contribution in [-0.2, 0) is 4.74 Å². The van der Waals surface area contributed by atoms with E-state index < -0.39 is 5.60 Å². The molecule has 1 atom stereocenters. The SMILES string of the molecule is CC(O)CC1=CCN(C(=O)OC(C)(C)C)CC1. The molecule has 0 aromatic carbocycles. The number of carbonyl (C=O) groups excluding carboxylic acids is 1. The van der Waals surface area contributed by atoms with Gasteiger partial charge in [0, 0.05) is 13.1 Å². The van der Waals surface area contributed by atoms with Crippen LogP contribution in [0.25, 0.3) is 0 Å². The van der Waals surface area contributed by atoms with Crippen molar-refractivity contribution in [1.82, 2.24) is 4.90 Å². The molecule has 98 valence electrons. The fourth-order valence-corrected chi connectivity index (χ4v) is 1.77. The summed E-state index contributed by atoms with van der Waals surface area (Å²) in [7, 11) is 0. The molecule has 0 aliphatic carbocycles. The lowest BCUT2D eigenvalue weighted by atomic mass is 10.0. The Hall–Kier alpha value is -1.03. The predicted octanol–water partition coefficient (Wildman–Crippen LogP) is 2.32. The monoisotopic (exact) mass is 241 g/mol. The second-order valence-corrected chi connectivity index (χ2v) is 5.59. The summed E-state index contributed by atoms with van der Waals surface area (Å²) >= 11 is 0. The van der Waals surface area contributed by atoms with Gasteiger partial charge in [0.1, 0.15) is 5.60 Å². The van der Waals surface area contributed by atoms with E-state index >= 15 is 0 Å². The standard InChI is InChI=1S/C13H23NO3/c1-10(15)9-11-5-7-14(8-6-11)12(16)17-13(2,3)4/h5,10,15H,6-9H2,1-4H3. The van der Waals surface area contributed by atoms with E-state index in [-0.39, 0.29) is 12.2 Å². The van der Waals surface area contributed by atoms with Crippen molar-refractivity contribution in [3.8, 4) is 0 Å². The lowest BCUT2D eigenvalue weighted by Gasteiger charge is -2.29. The van der Waals surface area contributed by atoms with E-state index in [4.69, 9.17) is 4.74 Å². The highest BCUT2D eigenvalue weighted by molar-refractivity contribution is 5.68. The van der Waals surface area contributed by atoms with Gasteiger partial charge in [0.05, 0.1) is 6.10 Å². The highest BCUT2D eigenvalue weighted by atomic mass is 16.6. The minimum atomic E-state index is -0.444. The van der Waals surface area contributed by atoms with Crippen LogP contribution < -0.4 is 0 Å². The van der Waals surface area contributed by atoms with E-state index in [2.05, 4.69) is 0 Å². The Morgan fingerprint density at radius 3 is 2.65 bits per heavy atom. The summed E-state index contributed by atoms with van der Waals surface area (Å²) in [6, 6.07) is 0. The van der Waals surface area contributed by atoms with Gasteiger partial charge < -0.3 is 14.7 Å². The zero-order chi connectivity index (χ0) is 13.1. The summed E-state index contributed by atoms with van der Waals surface area (Å²) in [5, 5.41) is 9.29. The first-order valence-corrected chi connectivity index (χ1v) is 6.12. The van der Waals surface area contributed by atoms with Crippen LogP contribution in [0.15, 0.2) is 11.6 Å². The van der Waals surface area contributed by atoms with Gasteiger partial charge >= 0.3 is 6.09 Å². The minimum Gasteiger partial charge on any atom is -0.444 e. The van der Waals surface area contributed by atoms with Gasteiger partial charge in [-0.2, -0.15) is 0 Å². The number of aliphatic hydroxyl groups excluding tert-OH is 1. The third-order valence-electron chi connectivity index (χ3n) is 2.51. The predicted molar refractivity (Wildman–Crippen MR) is 66.8 cm³/mol. The molecule has 0 radical (unpaired) electrons. The summed E-state index contributed by atoms with van der Waals surface area (Å²) in [6.45, 7) is 8.63. The van der Waals surface area contributed by atoms with Gasteiger partial charge in [-0.25, -0.2) is 4.79 Å². The largest absolute Gasteiger partial charge is 0.444 e. The average Bonchev–Trinajstić information content (AvgIpc) is 2.15. The summed E-state index contributed by atoms with van der Waals surface area (Å²) in [6.07, 6.45) is 2.96. The van der Waals surface area contributed by atoms with Gasteiger partial charge in [0.15, 0.2) is 0 Å². The molecule has 1 rings (SSSR count). The van der Waals surface area contributed by atoms with Crippen LogP contribution in [0.4, 0.5) is 4.79 Å². The zero-order valence-corrected chi connectivity index (χ0v) is 11.2. The highest BCUT2D eigenvalue weighted by Crippen LogP contribution is 2.18. The Kier molecular flexibility index (Phi) is 4.57. The van der Waals surface area contributed by atoms with Crippen molar-refractivity contribution < 1.29 is 14.6 Å². The third-order valence-corrected chi connectivity index (χ3v) is 2.51. The van der Waals surface area contributed by atoms with Gasteiger partial charge in [-0.1, -0.05) is 11.6 Å². The van der Waals surface area contributed by atoms with Crippen molar-refractivity contribution in [2.75, 3.05) is 13.1 Å². The van der Waals surface area contributed by atoms with E-state index in [9.17, 15) is 9.90 Å². The lowest BCUT2D eigenvalue weighted by molar-refractivity contribution is 0.0264. The molecule has 1 unspecified atom stereocenters. The number of nitrogens with zero attached hydrogens (tertiary/aromatic N) is 1. The molecule has 1 heterocycles. The molecule has 1 aliphatic rings. The molecule has 0 bridgehead atoms. The molecular weight excluding hydrogens is 218 g/mol. The Morgan fingerprint density at radius 1 is 1.59 bits per heavy atom. The summed E-state index contributed by atoms with van der Waals surface area (Å²) in [5.41, 5.74) is 0.778. The lowest BCUT2D eigenvalue weighted by Crippen LogP contribution is -2.39. The van der Waals surface area contributed by atoms with Gasteiger partial charge in [0.2, 0.25) is 0 Å². The maximum absolute atomic E-state index is 11.8. The van der Waals surface area contributed by atoms with Crippen LogP contribution in [-0.4, -0.2) is 40.9 Å². The summed E-state index contributed by atoms with van der Waals surface area (Å²) < 4.78 is 5.30. The number of ether oxygens (including phenoxy) is 1. The van der Waals surface area contributed by atoms with Crippen molar-refractivity contribution in [3.05, 3.63) is 11.6 Å². The van der Waals surface area contributed by atoms with Crippen LogP contribution in [0, 0.1) is 0 Å². The maximum atomic E-state index is 11.8. The second kappa shape index (κ2) is 5.54. The number of hydrogen-bond acceptors (Lipinski definition) is 3. The average molecular weight is 241 g/mol. The molecule has 17 heavy (non-hydrogen) atoms. The van der Waals surface area contributed by atoms with Crippen LogP contribution in [0.1, 0.15) is 40.5 Å². The second-order valence-electron chi connectivity index (χ2n) is 5.59. The first-order valence-electron chi connectivity index (χ1n) is 6.12. The highest BCUT2D eigenvalue weighted by Gasteiger charge is 2.23. The Balaban J connectivity index is 2.46. The van der Waals surface area contributed by atoms with Crippen LogP contribution in [0.2, 0.25) is 0 Å². The van der Waals surface area contributed by atoms with E-state index in [1.807, 2.05) is 26.8 Å². The number of rotatable bonds is 2. The minimum absolute atomic E-state index is 0.259. The Labute approximate surface area is 103 Å². The fraction of sp³-hybridized carbons (Fsp3) is 0.769. The fourth-order valence-electron chi connectivity index (χ4n) is 1.77. The molecule has 0 saturated carbocycles. The number of carbonyl (C=O) groups is 1. The van der Waals surface area contributed by atoms with E-state index in [0.29, 0.717) is 19.5 Å². The van der Waals surface area contributed by atoms with Crippen molar-refractivity contribution in [3.63, 3.8) is 0 Å².